The zero-order valence-corrected chi connectivity index (χ0v) is 11.9. The Bertz CT molecular complexity index is 439. The number of hydrogen-bond donors (Lipinski definition) is 0. The topological polar surface area (TPSA) is 0 Å². The van der Waals surface area contributed by atoms with Crippen molar-refractivity contribution in [3.63, 3.8) is 0 Å². The lowest BCUT2D eigenvalue weighted by atomic mass is 9.97. The minimum Gasteiger partial charge on any atom is -0.149 e. The summed E-state index contributed by atoms with van der Waals surface area (Å²) in [5.41, 5.74) is 1.30. The Morgan fingerprint density at radius 2 is 2.00 bits per heavy atom. The molecule has 3 heteroatoms. The summed E-state index contributed by atoms with van der Waals surface area (Å²) in [5.74, 6) is 1.04. The number of benzene rings is 1. The summed E-state index contributed by atoms with van der Waals surface area (Å²) in [6, 6.07) is 12.6. The van der Waals surface area contributed by atoms with Gasteiger partial charge in [0.05, 0.1) is 0 Å². The number of thiophene rings is 1. The molecule has 0 fully saturated rings. The first kappa shape index (κ1) is 12.2. The van der Waals surface area contributed by atoms with Gasteiger partial charge in [0, 0.05) is 21.1 Å². The first-order valence-corrected chi connectivity index (χ1v) is 7.34. The second kappa shape index (κ2) is 5.85. The lowest BCUT2D eigenvalue weighted by Crippen LogP contribution is -2.04. The van der Waals surface area contributed by atoms with Gasteiger partial charge in [-0.1, -0.05) is 40.2 Å². The fourth-order valence-corrected chi connectivity index (χ4v) is 3.40. The maximum absolute atomic E-state index is 6.07. The molecule has 0 bridgehead atoms. The van der Waals surface area contributed by atoms with Gasteiger partial charge >= 0.3 is 0 Å². The van der Waals surface area contributed by atoms with Crippen molar-refractivity contribution in [1.29, 1.82) is 0 Å². The van der Waals surface area contributed by atoms with E-state index in [2.05, 4.69) is 51.6 Å². The van der Waals surface area contributed by atoms with Crippen LogP contribution >= 0.6 is 38.9 Å². The summed E-state index contributed by atoms with van der Waals surface area (Å²) in [5, 5.41) is 2.11. The Morgan fingerprint density at radius 1 is 1.19 bits per heavy atom. The van der Waals surface area contributed by atoms with Gasteiger partial charge in [-0.15, -0.1) is 22.9 Å². The monoisotopic (exact) mass is 314 g/mol. The van der Waals surface area contributed by atoms with Crippen molar-refractivity contribution < 1.29 is 0 Å². The van der Waals surface area contributed by atoms with Crippen LogP contribution in [0, 0.1) is 0 Å². The average Bonchev–Trinajstić information content (AvgIpc) is 2.80. The minimum absolute atomic E-state index is 0.385. The molecule has 0 aliphatic rings. The maximum Gasteiger partial charge on any atom is 0.0296 e. The largest absolute Gasteiger partial charge is 0.149 e. The molecular formula is C13H12BrClS. The normalized spacial score (nSPS) is 12.6. The first-order valence-electron chi connectivity index (χ1n) is 5.14. The summed E-state index contributed by atoms with van der Waals surface area (Å²) in [6.45, 7) is 0. The van der Waals surface area contributed by atoms with Crippen molar-refractivity contribution in [3.05, 3.63) is 56.7 Å². The van der Waals surface area contributed by atoms with Crippen LogP contribution in [0.2, 0.25) is 0 Å². The molecule has 16 heavy (non-hydrogen) atoms. The molecule has 1 atom stereocenters. The molecule has 0 radical (unpaired) electrons. The van der Waals surface area contributed by atoms with Crippen LogP contribution in [0.15, 0.2) is 46.3 Å². The second-order valence-corrected chi connectivity index (χ2v) is 5.85. The fraction of sp³-hybridized carbons (Fsp3) is 0.231. The number of hydrogen-bond acceptors (Lipinski definition) is 1. The summed E-state index contributed by atoms with van der Waals surface area (Å²) < 4.78 is 1.15. The maximum atomic E-state index is 6.07. The van der Waals surface area contributed by atoms with Crippen LogP contribution in [0.1, 0.15) is 16.4 Å². The summed E-state index contributed by atoms with van der Waals surface area (Å²) in [4.78, 5) is 1.39. The van der Waals surface area contributed by atoms with E-state index in [9.17, 15) is 0 Å². The molecule has 2 rings (SSSR count). The number of halogens is 2. The van der Waals surface area contributed by atoms with Crippen molar-refractivity contribution in [2.24, 2.45) is 0 Å². The molecule has 0 nitrogen and oxygen atoms in total. The van der Waals surface area contributed by atoms with Crippen molar-refractivity contribution in [2.75, 3.05) is 5.88 Å². The van der Waals surface area contributed by atoms with E-state index in [0.717, 1.165) is 10.9 Å². The third-order valence-electron chi connectivity index (χ3n) is 2.56. The smallest absolute Gasteiger partial charge is 0.0296 e. The molecule has 0 saturated heterocycles. The highest BCUT2D eigenvalue weighted by molar-refractivity contribution is 9.10. The third-order valence-corrected chi connectivity index (χ3v) is 4.55. The Morgan fingerprint density at radius 3 is 2.62 bits per heavy atom. The van der Waals surface area contributed by atoms with E-state index in [4.69, 9.17) is 11.6 Å². The lowest BCUT2D eigenvalue weighted by molar-refractivity contribution is 0.772. The Balaban J connectivity index is 2.20. The molecule has 84 valence electrons. The molecule has 0 amide bonds. The molecule has 0 aliphatic carbocycles. The predicted molar refractivity (Wildman–Crippen MR) is 75.6 cm³/mol. The van der Waals surface area contributed by atoms with E-state index in [1.54, 1.807) is 11.3 Å². The standard InChI is InChI=1S/C13H12BrClS/c14-13-6-2-1-5-12(13)10(9-15)8-11-4-3-7-16-11/h1-7,10H,8-9H2. The second-order valence-electron chi connectivity index (χ2n) is 3.66. The van der Waals surface area contributed by atoms with E-state index in [0.29, 0.717) is 11.8 Å². The molecule has 1 heterocycles. The van der Waals surface area contributed by atoms with Gasteiger partial charge in [-0.2, -0.15) is 0 Å². The van der Waals surface area contributed by atoms with Gasteiger partial charge in [-0.3, -0.25) is 0 Å². The van der Waals surface area contributed by atoms with Crippen LogP contribution in [0.3, 0.4) is 0 Å². The van der Waals surface area contributed by atoms with E-state index in [-0.39, 0.29) is 0 Å². The summed E-state index contributed by atoms with van der Waals surface area (Å²) in [7, 11) is 0. The van der Waals surface area contributed by atoms with Crippen molar-refractivity contribution in [1.82, 2.24) is 0 Å². The van der Waals surface area contributed by atoms with Gasteiger partial charge in [-0.05, 0) is 29.5 Å². The van der Waals surface area contributed by atoms with Gasteiger partial charge in [0.2, 0.25) is 0 Å². The zero-order chi connectivity index (χ0) is 11.4. The van der Waals surface area contributed by atoms with Gasteiger partial charge < -0.3 is 0 Å². The molecule has 0 N–H and O–H groups in total. The lowest BCUT2D eigenvalue weighted by Gasteiger charge is -2.14. The van der Waals surface area contributed by atoms with Crippen LogP contribution in [-0.2, 0) is 6.42 Å². The molecule has 1 aromatic carbocycles. The van der Waals surface area contributed by atoms with Crippen molar-refractivity contribution in [2.45, 2.75) is 12.3 Å². The highest BCUT2D eigenvalue weighted by Crippen LogP contribution is 2.29. The average molecular weight is 316 g/mol. The van der Waals surface area contributed by atoms with E-state index in [1.807, 2.05) is 6.07 Å². The van der Waals surface area contributed by atoms with Crippen molar-refractivity contribution >= 4 is 38.9 Å². The first-order chi connectivity index (χ1) is 7.81. The Labute approximate surface area is 113 Å². The van der Waals surface area contributed by atoms with Gasteiger partial charge in [0.25, 0.3) is 0 Å². The molecule has 0 aliphatic heterocycles. The fourth-order valence-electron chi connectivity index (χ4n) is 1.73. The van der Waals surface area contributed by atoms with Gasteiger partial charge in [0.15, 0.2) is 0 Å². The molecule has 0 spiro atoms. The summed E-state index contributed by atoms with van der Waals surface area (Å²) in [6.07, 6.45) is 1.02. The van der Waals surface area contributed by atoms with E-state index >= 15 is 0 Å². The van der Waals surface area contributed by atoms with E-state index < -0.39 is 0 Å². The van der Waals surface area contributed by atoms with Crippen molar-refractivity contribution in [3.8, 4) is 0 Å². The predicted octanol–water partition coefficient (Wildman–Crippen LogP) is 5.08. The zero-order valence-electron chi connectivity index (χ0n) is 8.70. The minimum atomic E-state index is 0.385. The molecule has 2 aromatic rings. The SMILES string of the molecule is ClCC(Cc1cccs1)c1ccccc1Br. The van der Waals surface area contributed by atoms with Gasteiger partial charge in [0.1, 0.15) is 0 Å². The third kappa shape index (κ3) is 2.88. The Hall–Kier alpha value is -0.310. The quantitative estimate of drug-likeness (QED) is 0.691. The number of alkyl halides is 1. The van der Waals surface area contributed by atoms with Crippen LogP contribution in [0.5, 0.6) is 0 Å². The van der Waals surface area contributed by atoms with Crippen LogP contribution in [0.4, 0.5) is 0 Å². The van der Waals surface area contributed by atoms with Crippen LogP contribution in [0.25, 0.3) is 0 Å². The van der Waals surface area contributed by atoms with Crippen LogP contribution < -0.4 is 0 Å². The summed E-state index contributed by atoms with van der Waals surface area (Å²) >= 11 is 11.5. The molecule has 1 unspecified atom stereocenters. The highest BCUT2D eigenvalue weighted by atomic mass is 79.9. The molecular weight excluding hydrogens is 304 g/mol. The molecule has 0 saturated carbocycles. The number of rotatable bonds is 4. The van der Waals surface area contributed by atoms with Crippen LogP contribution in [-0.4, -0.2) is 5.88 Å². The van der Waals surface area contributed by atoms with E-state index in [1.165, 1.54) is 10.4 Å². The Kier molecular flexibility index (Phi) is 4.45. The highest BCUT2D eigenvalue weighted by Gasteiger charge is 2.14. The van der Waals surface area contributed by atoms with Gasteiger partial charge in [-0.25, -0.2) is 0 Å². The molecule has 1 aromatic heterocycles.